The topological polar surface area (TPSA) is 99.0 Å². The van der Waals surface area contributed by atoms with Crippen molar-refractivity contribution < 1.29 is 24.9 Å². The predicted molar refractivity (Wildman–Crippen MR) is 79.0 cm³/mol. The van der Waals surface area contributed by atoms with Gasteiger partial charge in [-0.25, -0.2) is 0 Å². The van der Waals surface area contributed by atoms with Crippen molar-refractivity contribution in [2.45, 2.75) is 37.6 Å². The highest BCUT2D eigenvalue weighted by Gasteiger charge is 2.45. The SMILES string of the molecule is C[C@H](O)[C@H]1O[C@@H](NC(=O)c2cccc(I)c2)[C@@H](O)[C@@H]1O. The molecule has 0 spiro atoms. The standard InChI is InChI=1S/C13H16INO5/c1-6(16)11-9(17)10(18)13(20-11)15-12(19)7-3-2-4-8(14)5-7/h2-6,9-11,13,16-18H,1H3,(H,15,19)/t6-,9-,10-,11+,13+/m0/s1. The number of benzene rings is 1. The minimum Gasteiger partial charge on any atom is -0.391 e. The summed E-state index contributed by atoms with van der Waals surface area (Å²) in [7, 11) is 0. The van der Waals surface area contributed by atoms with Gasteiger partial charge in [-0.1, -0.05) is 6.07 Å². The molecule has 0 radical (unpaired) electrons. The third-order valence-corrected chi connectivity index (χ3v) is 3.81. The van der Waals surface area contributed by atoms with Crippen molar-refractivity contribution in [1.29, 1.82) is 0 Å². The Morgan fingerprint density at radius 3 is 2.65 bits per heavy atom. The molecule has 1 aliphatic rings. The van der Waals surface area contributed by atoms with Crippen LogP contribution in [-0.2, 0) is 4.74 Å². The summed E-state index contributed by atoms with van der Waals surface area (Å²) in [6.45, 7) is 1.45. The molecule has 0 unspecified atom stereocenters. The van der Waals surface area contributed by atoms with Gasteiger partial charge in [0, 0.05) is 9.13 Å². The molecule has 20 heavy (non-hydrogen) atoms. The van der Waals surface area contributed by atoms with E-state index < -0.39 is 36.6 Å². The molecule has 5 atom stereocenters. The number of rotatable bonds is 3. The van der Waals surface area contributed by atoms with Crippen molar-refractivity contribution in [3.63, 3.8) is 0 Å². The highest BCUT2D eigenvalue weighted by Crippen LogP contribution is 2.22. The van der Waals surface area contributed by atoms with E-state index in [1.54, 1.807) is 18.2 Å². The van der Waals surface area contributed by atoms with Crippen molar-refractivity contribution >= 4 is 28.5 Å². The summed E-state index contributed by atoms with van der Waals surface area (Å²) < 4.78 is 6.19. The quantitative estimate of drug-likeness (QED) is 0.536. The molecule has 0 aromatic heterocycles. The molecule has 1 saturated heterocycles. The van der Waals surface area contributed by atoms with Gasteiger partial charge in [-0.15, -0.1) is 0 Å². The zero-order valence-corrected chi connectivity index (χ0v) is 12.9. The maximum absolute atomic E-state index is 12.0. The van der Waals surface area contributed by atoms with Gasteiger partial charge in [-0.3, -0.25) is 4.79 Å². The molecule has 1 aliphatic heterocycles. The van der Waals surface area contributed by atoms with Crippen molar-refractivity contribution in [3.05, 3.63) is 33.4 Å². The predicted octanol–water partition coefficient (Wildman–Crippen LogP) is -0.152. The molecular formula is C13H16INO5. The highest BCUT2D eigenvalue weighted by molar-refractivity contribution is 14.1. The van der Waals surface area contributed by atoms with Crippen LogP contribution in [0.5, 0.6) is 0 Å². The molecule has 0 aliphatic carbocycles. The van der Waals surface area contributed by atoms with Crippen LogP contribution < -0.4 is 5.32 Å². The maximum atomic E-state index is 12.0. The number of carbonyl (C=O) groups is 1. The van der Waals surface area contributed by atoms with E-state index in [9.17, 15) is 20.1 Å². The number of nitrogens with one attached hydrogen (secondary N) is 1. The Morgan fingerprint density at radius 2 is 2.10 bits per heavy atom. The number of hydrogen-bond donors (Lipinski definition) is 4. The third-order valence-electron chi connectivity index (χ3n) is 3.14. The fraction of sp³-hybridized carbons (Fsp3) is 0.462. The van der Waals surface area contributed by atoms with Crippen molar-refractivity contribution in [2.75, 3.05) is 0 Å². The van der Waals surface area contributed by atoms with Gasteiger partial charge in [-0.05, 0) is 47.7 Å². The van der Waals surface area contributed by atoms with E-state index in [4.69, 9.17) is 4.74 Å². The van der Waals surface area contributed by atoms with Crippen LogP contribution in [0.2, 0.25) is 0 Å². The molecule has 1 heterocycles. The van der Waals surface area contributed by atoms with Crippen LogP contribution in [0.1, 0.15) is 17.3 Å². The van der Waals surface area contributed by atoms with E-state index in [-0.39, 0.29) is 0 Å². The number of amides is 1. The lowest BCUT2D eigenvalue weighted by atomic mass is 10.1. The number of hydrogen-bond acceptors (Lipinski definition) is 5. The van der Waals surface area contributed by atoms with Gasteiger partial charge < -0.3 is 25.4 Å². The lowest BCUT2D eigenvalue weighted by Crippen LogP contribution is -2.43. The van der Waals surface area contributed by atoms with Gasteiger partial charge in [-0.2, -0.15) is 0 Å². The number of ether oxygens (including phenoxy) is 1. The smallest absolute Gasteiger partial charge is 0.253 e. The summed E-state index contributed by atoms with van der Waals surface area (Å²) in [5.74, 6) is -0.411. The molecule has 110 valence electrons. The lowest BCUT2D eigenvalue weighted by molar-refractivity contribution is -0.0631. The van der Waals surface area contributed by atoms with E-state index in [1.807, 2.05) is 6.07 Å². The average Bonchev–Trinajstić information content (AvgIpc) is 2.67. The molecule has 1 aromatic carbocycles. The van der Waals surface area contributed by atoms with Gasteiger partial charge in [0.05, 0.1) is 6.10 Å². The Bertz CT molecular complexity index is 495. The lowest BCUT2D eigenvalue weighted by Gasteiger charge is -2.17. The van der Waals surface area contributed by atoms with Crippen LogP contribution in [0.4, 0.5) is 0 Å². The fourth-order valence-corrected chi connectivity index (χ4v) is 2.61. The minimum absolute atomic E-state index is 0.411. The second-order valence-electron chi connectivity index (χ2n) is 4.73. The zero-order valence-electron chi connectivity index (χ0n) is 10.7. The number of aliphatic hydroxyl groups excluding tert-OH is 3. The average molecular weight is 393 g/mol. The Kier molecular flexibility index (Phi) is 4.97. The van der Waals surface area contributed by atoms with E-state index in [0.717, 1.165) is 3.57 Å². The molecule has 1 aromatic rings. The molecule has 7 heteroatoms. The number of aliphatic hydroxyl groups is 3. The summed E-state index contributed by atoms with van der Waals surface area (Å²) in [6, 6.07) is 6.93. The van der Waals surface area contributed by atoms with E-state index in [0.29, 0.717) is 5.56 Å². The first kappa shape index (κ1) is 15.6. The molecule has 1 fully saturated rings. The van der Waals surface area contributed by atoms with Gasteiger partial charge in [0.2, 0.25) is 0 Å². The van der Waals surface area contributed by atoms with Crippen molar-refractivity contribution in [2.24, 2.45) is 0 Å². The maximum Gasteiger partial charge on any atom is 0.253 e. The second-order valence-corrected chi connectivity index (χ2v) is 5.97. The number of carbonyl (C=O) groups excluding carboxylic acids is 1. The summed E-state index contributed by atoms with van der Waals surface area (Å²) in [4.78, 5) is 12.0. The Morgan fingerprint density at radius 1 is 1.40 bits per heavy atom. The monoisotopic (exact) mass is 393 g/mol. The first-order chi connectivity index (χ1) is 9.40. The molecule has 4 N–H and O–H groups in total. The van der Waals surface area contributed by atoms with E-state index >= 15 is 0 Å². The summed E-state index contributed by atoms with van der Waals surface area (Å²) in [5.41, 5.74) is 0.433. The van der Waals surface area contributed by atoms with Crippen molar-refractivity contribution in [1.82, 2.24) is 5.32 Å². The summed E-state index contributed by atoms with van der Waals surface area (Å²) in [6.07, 6.45) is -5.43. The zero-order chi connectivity index (χ0) is 14.9. The highest BCUT2D eigenvalue weighted by atomic mass is 127. The van der Waals surface area contributed by atoms with Crippen molar-refractivity contribution in [3.8, 4) is 0 Å². The molecule has 6 nitrogen and oxygen atoms in total. The molecule has 2 rings (SSSR count). The third kappa shape index (κ3) is 3.29. The van der Waals surface area contributed by atoms with Crippen LogP contribution >= 0.6 is 22.6 Å². The Balaban J connectivity index is 2.05. The molecular weight excluding hydrogens is 377 g/mol. The first-order valence-corrected chi connectivity index (χ1v) is 7.24. The Hall–Kier alpha value is -0.740. The molecule has 0 bridgehead atoms. The normalized spacial score (nSPS) is 31.1. The summed E-state index contributed by atoms with van der Waals surface area (Å²) in [5, 5.41) is 31.5. The van der Waals surface area contributed by atoms with Crippen LogP contribution in [0.25, 0.3) is 0 Å². The largest absolute Gasteiger partial charge is 0.391 e. The second kappa shape index (κ2) is 6.35. The van der Waals surface area contributed by atoms with E-state index in [2.05, 4.69) is 27.9 Å². The van der Waals surface area contributed by atoms with Gasteiger partial charge >= 0.3 is 0 Å². The first-order valence-electron chi connectivity index (χ1n) is 6.16. The van der Waals surface area contributed by atoms with Crippen LogP contribution in [-0.4, -0.2) is 51.9 Å². The van der Waals surface area contributed by atoms with Crippen LogP contribution in [0.3, 0.4) is 0 Å². The summed E-state index contributed by atoms with van der Waals surface area (Å²) >= 11 is 2.09. The fourth-order valence-electron chi connectivity index (χ4n) is 2.06. The number of halogens is 1. The Labute approximate surface area is 129 Å². The van der Waals surface area contributed by atoms with Crippen LogP contribution in [0.15, 0.2) is 24.3 Å². The molecule has 1 amide bonds. The van der Waals surface area contributed by atoms with Gasteiger partial charge in [0.1, 0.15) is 18.3 Å². The van der Waals surface area contributed by atoms with E-state index in [1.165, 1.54) is 6.92 Å². The van der Waals surface area contributed by atoms with Crippen LogP contribution in [0, 0.1) is 3.57 Å². The van der Waals surface area contributed by atoms with Gasteiger partial charge in [0.25, 0.3) is 5.91 Å². The minimum atomic E-state index is -1.28. The molecule has 0 saturated carbocycles. The van der Waals surface area contributed by atoms with Gasteiger partial charge in [0.15, 0.2) is 6.23 Å².